The third kappa shape index (κ3) is 2.89. The van der Waals surface area contributed by atoms with Crippen molar-refractivity contribution >= 4 is 23.2 Å². The molecule has 3 N–H and O–H groups in total. The van der Waals surface area contributed by atoms with Crippen LogP contribution in [-0.2, 0) is 0 Å². The minimum absolute atomic E-state index is 0.112. The predicted octanol–water partition coefficient (Wildman–Crippen LogP) is 3.05. The second-order valence-electron chi connectivity index (χ2n) is 4.21. The summed E-state index contributed by atoms with van der Waals surface area (Å²) in [5.41, 5.74) is 6.45. The maximum atomic E-state index is 10.1. The molecule has 4 heteroatoms. The van der Waals surface area contributed by atoms with Gasteiger partial charge in [-0.3, -0.25) is 0 Å². The van der Waals surface area contributed by atoms with Crippen molar-refractivity contribution < 1.29 is 5.11 Å². The SMILES string of the molecule is CC(C)C(O)C(CN)c1c(Cl)cccc1Cl. The van der Waals surface area contributed by atoms with Crippen LogP contribution < -0.4 is 5.73 Å². The molecule has 0 fully saturated rings. The van der Waals surface area contributed by atoms with Crippen LogP contribution in [0, 0.1) is 5.92 Å². The van der Waals surface area contributed by atoms with Crippen LogP contribution in [0.5, 0.6) is 0 Å². The van der Waals surface area contributed by atoms with Crippen LogP contribution in [0.2, 0.25) is 10.0 Å². The average molecular weight is 262 g/mol. The summed E-state index contributed by atoms with van der Waals surface area (Å²) in [4.78, 5) is 0. The molecule has 0 aromatic heterocycles. The second-order valence-corrected chi connectivity index (χ2v) is 5.03. The van der Waals surface area contributed by atoms with Crippen LogP contribution in [0.1, 0.15) is 25.3 Å². The molecule has 0 heterocycles. The van der Waals surface area contributed by atoms with Crippen LogP contribution >= 0.6 is 23.2 Å². The van der Waals surface area contributed by atoms with E-state index in [-0.39, 0.29) is 11.8 Å². The summed E-state index contributed by atoms with van der Waals surface area (Å²) in [7, 11) is 0. The normalized spacial score (nSPS) is 15.2. The van der Waals surface area contributed by atoms with E-state index in [1.54, 1.807) is 18.2 Å². The topological polar surface area (TPSA) is 46.2 Å². The number of halogens is 2. The summed E-state index contributed by atoms with van der Waals surface area (Å²) in [6.07, 6.45) is -0.539. The summed E-state index contributed by atoms with van der Waals surface area (Å²) in [5.74, 6) is -0.109. The molecule has 0 spiro atoms. The minimum atomic E-state index is -0.539. The summed E-state index contributed by atoms with van der Waals surface area (Å²) < 4.78 is 0. The summed E-state index contributed by atoms with van der Waals surface area (Å²) in [6.45, 7) is 4.21. The smallest absolute Gasteiger partial charge is 0.0644 e. The molecule has 0 radical (unpaired) electrons. The van der Waals surface area contributed by atoms with Gasteiger partial charge in [0.15, 0.2) is 0 Å². The van der Waals surface area contributed by atoms with Gasteiger partial charge < -0.3 is 10.8 Å². The van der Waals surface area contributed by atoms with Crippen LogP contribution in [0.25, 0.3) is 0 Å². The zero-order valence-electron chi connectivity index (χ0n) is 9.45. The van der Waals surface area contributed by atoms with Gasteiger partial charge in [0.25, 0.3) is 0 Å². The number of hydrogen-bond donors (Lipinski definition) is 2. The van der Waals surface area contributed by atoms with E-state index in [0.29, 0.717) is 16.6 Å². The lowest BCUT2D eigenvalue weighted by Gasteiger charge is -2.26. The number of hydrogen-bond acceptors (Lipinski definition) is 2. The van der Waals surface area contributed by atoms with Crippen LogP contribution in [0.4, 0.5) is 0 Å². The van der Waals surface area contributed by atoms with Gasteiger partial charge in [0.1, 0.15) is 0 Å². The lowest BCUT2D eigenvalue weighted by atomic mass is 9.87. The Labute approximate surface area is 106 Å². The highest BCUT2D eigenvalue weighted by Gasteiger charge is 2.26. The highest BCUT2D eigenvalue weighted by Crippen LogP contribution is 2.34. The molecule has 2 unspecified atom stereocenters. The van der Waals surface area contributed by atoms with E-state index in [4.69, 9.17) is 28.9 Å². The predicted molar refractivity (Wildman–Crippen MR) is 69.1 cm³/mol. The lowest BCUT2D eigenvalue weighted by Crippen LogP contribution is -2.30. The summed E-state index contributed by atoms with van der Waals surface area (Å²) >= 11 is 12.2. The highest BCUT2D eigenvalue weighted by molar-refractivity contribution is 6.36. The van der Waals surface area contributed by atoms with Gasteiger partial charge in [0.05, 0.1) is 6.10 Å². The number of aliphatic hydroxyl groups is 1. The first-order chi connectivity index (χ1) is 7.49. The van der Waals surface area contributed by atoms with Gasteiger partial charge in [-0.25, -0.2) is 0 Å². The van der Waals surface area contributed by atoms with E-state index >= 15 is 0 Å². The van der Waals surface area contributed by atoms with Crippen molar-refractivity contribution in [3.8, 4) is 0 Å². The van der Waals surface area contributed by atoms with E-state index in [2.05, 4.69) is 0 Å². The molecule has 1 aromatic rings. The number of aliphatic hydroxyl groups excluding tert-OH is 1. The van der Waals surface area contributed by atoms with Gasteiger partial charge in [0, 0.05) is 22.5 Å². The third-order valence-corrected chi connectivity index (χ3v) is 3.38. The molecule has 1 aromatic carbocycles. The first-order valence-corrected chi connectivity index (χ1v) is 6.06. The van der Waals surface area contributed by atoms with Gasteiger partial charge in [-0.1, -0.05) is 43.1 Å². The van der Waals surface area contributed by atoms with Gasteiger partial charge >= 0.3 is 0 Å². The van der Waals surface area contributed by atoms with Crippen molar-refractivity contribution in [2.75, 3.05) is 6.54 Å². The quantitative estimate of drug-likeness (QED) is 0.876. The molecule has 90 valence electrons. The first kappa shape index (κ1) is 13.8. The zero-order chi connectivity index (χ0) is 12.3. The van der Waals surface area contributed by atoms with Crippen molar-refractivity contribution in [1.29, 1.82) is 0 Å². The molecule has 0 saturated carbocycles. The molecular formula is C12H17Cl2NO. The van der Waals surface area contributed by atoms with E-state index in [1.165, 1.54) is 0 Å². The summed E-state index contributed by atoms with van der Waals surface area (Å²) in [6, 6.07) is 5.31. The van der Waals surface area contributed by atoms with Gasteiger partial charge in [-0.15, -0.1) is 0 Å². The standard InChI is InChI=1S/C12H17Cl2NO/c1-7(2)12(16)8(6-15)11-9(13)4-3-5-10(11)14/h3-5,7-8,12,16H,6,15H2,1-2H3. The van der Waals surface area contributed by atoms with Crippen molar-refractivity contribution in [2.24, 2.45) is 11.7 Å². The Bertz CT molecular complexity index is 335. The monoisotopic (exact) mass is 261 g/mol. The number of rotatable bonds is 4. The fourth-order valence-corrected chi connectivity index (χ4v) is 2.44. The minimum Gasteiger partial charge on any atom is -0.392 e. The van der Waals surface area contributed by atoms with E-state index in [9.17, 15) is 5.11 Å². The molecule has 0 aliphatic rings. The Hall–Kier alpha value is -0.280. The maximum absolute atomic E-state index is 10.1. The molecule has 0 aliphatic carbocycles. The van der Waals surface area contributed by atoms with Gasteiger partial charge in [0.2, 0.25) is 0 Å². The van der Waals surface area contributed by atoms with Crippen molar-refractivity contribution in [3.63, 3.8) is 0 Å². The van der Waals surface area contributed by atoms with Gasteiger partial charge in [-0.05, 0) is 23.6 Å². The molecule has 1 rings (SSSR count). The highest BCUT2D eigenvalue weighted by atomic mass is 35.5. The summed E-state index contributed by atoms with van der Waals surface area (Å²) in [5, 5.41) is 11.2. The Morgan fingerprint density at radius 1 is 1.25 bits per heavy atom. The van der Waals surface area contributed by atoms with E-state index in [0.717, 1.165) is 5.56 Å². The molecule has 16 heavy (non-hydrogen) atoms. The fourth-order valence-electron chi connectivity index (χ4n) is 1.76. The molecule has 2 atom stereocenters. The Kier molecular flexibility index (Phi) is 5.06. The van der Waals surface area contributed by atoms with Crippen molar-refractivity contribution in [3.05, 3.63) is 33.8 Å². The second kappa shape index (κ2) is 5.87. The van der Waals surface area contributed by atoms with E-state index < -0.39 is 6.10 Å². The van der Waals surface area contributed by atoms with E-state index in [1.807, 2.05) is 13.8 Å². The Morgan fingerprint density at radius 3 is 2.12 bits per heavy atom. The van der Waals surface area contributed by atoms with Gasteiger partial charge in [-0.2, -0.15) is 0 Å². The van der Waals surface area contributed by atoms with Crippen molar-refractivity contribution in [2.45, 2.75) is 25.9 Å². The van der Waals surface area contributed by atoms with Crippen molar-refractivity contribution in [1.82, 2.24) is 0 Å². The average Bonchev–Trinajstić information content (AvgIpc) is 2.22. The largest absolute Gasteiger partial charge is 0.392 e. The Morgan fingerprint density at radius 2 is 1.75 bits per heavy atom. The molecule has 0 bridgehead atoms. The lowest BCUT2D eigenvalue weighted by molar-refractivity contribution is 0.0986. The maximum Gasteiger partial charge on any atom is 0.0644 e. The fraction of sp³-hybridized carbons (Fsp3) is 0.500. The van der Waals surface area contributed by atoms with Crippen LogP contribution in [0.3, 0.4) is 0 Å². The molecule has 0 amide bonds. The number of nitrogens with two attached hydrogens (primary N) is 1. The zero-order valence-corrected chi connectivity index (χ0v) is 11.0. The first-order valence-electron chi connectivity index (χ1n) is 5.31. The van der Waals surface area contributed by atoms with Crippen LogP contribution in [0.15, 0.2) is 18.2 Å². The molecular weight excluding hydrogens is 245 g/mol. The molecule has 0 aliphatic heterocycles. The Balaban J connectivity index is 3.13. The third-order valence-electron chi connectivity index (χ3n) is 2.72. The molecule has 0 saturated heterocycles. The molecule has 2 nitrogen and oxygen atoms in total. The van der Waals surface area contributed by atoms with Crippen LogP contribution in [-0.4, -0.2) is 17.8 Å². The number of benzene rings is 1.